The van der Waals surface area contributed by atoms with Crippen LogP contribution in [0.2, 0.25) is 0 Å². The van der Waals surface area contributed by atoms with E-state index in [1.165, 1.54) is 23.9 Å². The van der Waals surface area contributed by atoms with Crippen molar-refractivity contribution in [3.8, 4) is 22.2 Å². The number of fused-ring (bicyclic) bond motifs is 3. The van der Waals surface area contributed by atoms with Gasteiger partial charge >= 0.3 is 11.9 Å². The van der Waals surface area contributed by atoms with Gasteiger partial charge in [0.15, 0.2) is 0 Å². The summed E-state index contributed by atoms with van der Waals surface area (Å²) < 4.78 is 0.490. The third-order valence-electron chi connectivity index (χ3n) is 5.41. The highest BCUT2D eigenvalue weighted by molar-refractivity contribution is 8.00. The lowest BCUT2D eigenvalue weighted by Crippen LogP contribution is -2.32. The van der Waals surface area contributed by atoms with Crippen molar-refractivity contribution < 1.29 is 34.8 Å². The van der Waals surface area contributed by atoms with E-state index in [2.05, 4.69) is 15.3 Å². The molecule has 178 valence electrons. The van der Waals surface area contributed by atoms with Crippen molar-refractivity contribution in [3.05, 3.63) is 35.5 Å². The van der Waals surface area contributed by atoms with Crippen molar-refractivity contribution in [2.45, 2.75) is 17.4 Å². The zero-order chi connectivity index (χ0) is 25.0. The minimum atomic E-state index is -1.28. The second-order valence-electron chi connectivity index (χ2n) is 7.82. The number of thiazole rings is 1. The molecule has 11 nitrogen and oxygen atoms in total. The number of carboxylic acid groups (broad SMARTS) is 2. The summed E-state index contributed by atoms with van der Waals surface area (Å²) >= 11 is 2.30. The van der Waals surface area contributed by atoms with Gasteiger partial charge < -0.3 is 31.5 Å². The molecule has 0 saturated carbocycles. The Morgan fingerprint density at radius 2 is 1.91 bits per heavy atom. The number of aromatic carboxylic acids is 1. The summed E-state index contributed by atoms with van der Waals surface area (Å²) in [5.41, 5.74) is 6.30. The molecule has 1 aliphatic heterocycles. The number of nitrogens with two attached hydrogens (primary N) is 1. The Hall–Kier alpha value is -3.94. The number of hydrogen-bond donors (Lipinski definition) is 6. The van der Waals surface area contributed by atoms with Crippen molar-refractivity contribution in [1.29, 1.82) is 0 Å². The average Bonchev–Trinajstić information content (AvgIpc) is 3.23. The number of pyridine rings is 1. The number of carbonyl (C=O) groups is 3. The molecule has 0 bridgehead atoms. The summed E-state index contributed by atoms with van der Waals surface area (Å²) in [5, 5.41) is 43.7. The van der Waals surface area contributed by atoms with Gasteiger partial charge in [0.25, 0.3) is 0 Å². The number of nitrogens with zero attached hydrogens (tertiary/aromatic N) is 2. The molecule has 5 rings (SSSR count). The van der Waals surface area contributed by atoms with Crippen LogP contribution in [0.15, 0.2) is 29.2 Å². The van der Waals surface area contributed by atoms with Gasteiger partial charge in [-0.05, 0) is 41.6 Å². The molecule has 1 amide bonds. The van der Waals surface area contributed by atoms with Crippen molar-refractivity contribution >= 4 is 67.6 Å². The van der Waals surface area contributed by atoms with Gasteiger partial charge in [0.2, 0.25) is 5.91 Å². The van der Waals surface area contributed by atoms with E-state index in [4.69, 9.17) is 10.8 Å². The van der Waals surface area contributed by atoms with E-state index in [-0.39, 0.29) is 62.6 Å². The van der Waals surface area contributed by atoms with Gasteiger partial charge in [-0.3, -0.25) is 9.59 Å². The van der Waals surface area contributed by atoms with Crippen LogP contribution in [0.5, 0.6) is 11.5 Å². The van der Waals surface area contributed by atoms with Crippen LogP contribution >= 0.6 is 23.1 Å². The number of carbonyl (C=O) groups excluding carboxylic acids is 1. The molecule has 1 aliphatic rings. The molecule has 1 atom stereocenters. The van der Waals surface area contributed by atoms with Crippen molar-refractivity contribution in [2.75, 3.05) is 11.1 Å². The molecule has 0 fully saturated rings. The van der Waals surface area contributed by atoms with Gasteiger partial charge in [0, 0.05) is 4.90 Å². The fourth-order valence-corrected chi connectivity index (χ4v) is 5.74. The topological polar surface area (TPSA) is 196 Å². The number of aromatic hydroxyl groups is 2. The van der Waals surface area contributed by atoms with Crippen LogP contribution in [0.3, 0.4) is 0 Å². The maximum Gasteiger partial charge on any atom is 0.354 e. The standard InChI is InChI=1S/C22H16N4O7S2/c23-9(21(30)31)1-7-2-11(27)16-13(3-7)35-20(26-16)18-15-8(4-10(24-18)22(32)33)5-12-17(19(15)29)25-14(28)6-34-12/h2-5,9,27,29H,1,6,23H2,(H,25,28)(H,30,31)(H,32,33). The zero-order valence-corrected chi connectivity index (χ0v) is 19.2. The Morgan fingerprint density at radius 1 is 1.14 bits per heavy atom. The molecule has 0 saturated heterocycles. The van der Waals surface area contributed by atoms with E-state index < -0.39 is 18.0 Å². The highest BCUT2D eigenvalue weighted by Crippen LogP contribution is 2.47. The molecule has 3 heterocycles. The molecule has 2 aromatic heterocycles. The van der Waals surface area contributed by atoms with Gasteiger partial charge in [-0.25, -0.2) is 14.8 Å². The van der Waals surface area contributed by atoms with Crippen LogP contribution in [0.4, 0.5) is 5.69 Å². The first-order valence-electron chi connectivity index (χ1n) is 10.1. The molecule has 0 aliphatic carbocycles. The van der Waals surface area contributed by atoms with Gasteiger partial charge in [-0.1, -0.05) is 0 Å². The van der Waals surface area contributed by atoms with E-state index in [0.717, 1.165) is 11.3 Å². The van der Waals surface area contributed by atoms with Gasteiger partial charge in [0.1, 0.15) is 39.5 Å². The van der Waals surface area contributed by atoms with Crippen LogP contribution in [-0.2, 0) is 16.0 Å². The Kier molecular flexibility index (Phi) is 5.46. The first-order chi connectivity index (χ1) is 16.6. The van der Waals surface area contributed by atoms with Crippen molar-refractivity contribution in [3.63, 3.8) is 0 Å². The van der Waals surface area contributed by atoms with E-state index >= 15 is 0 Å². The number of phenols is 2. The molecule has 0 radical (unpaired) electrons. The predicted molar refractivity (Wildman–Crippen MR) is 129 cm³/mol. The van der Waals surface area contributed by atoms with E-state index in [1.54, 1.807) is 12.1 Å². The fourth-order valence-electron chi connectivity index (χ4n) is 3.83. The maximum absolute atomic E-state index is 11.9. The number of hydrogen-bond acceptors (Lipinski definition) is 10. The van der Waals surface area contributed by atoms with Crippen LogP contribution < -0.4 is 11.1 Å². The Labute approximate surface area is 204 Å². The molecule has 2 aromatic carbocycles. The molecule has 7 N–H and O–H groups in total. The summed E-state index contributed by atoms with van der Waals surface area (Å²) in [4.78, 5) is 44.0. The summed E-state index contributed by atoms with van der Waals surface area (Å²) in [6.45, 7) is 0. The number of amides is 1. The highest BCUT2D eigenvalue weighted by Gasteiger charge is 2.26. The summed E-state index contributed by atoms with van der Waals surface area (Å²) in [5.74, 6) is -3.06. The zero-order valence-electron chi connectivity index (χ0n) is 17.6. The monoisotopic (exact) mass is 512 g/mol. The lowest BCUT2D eigenvalue weighted by molar-refractivity contribution is -0.138. The number of anilines is 1. The normalized spacial score (nSPS) is 14.0. The molecular formula is C22H16N4O7S2. The number of carboxylic acids is 2. The van der Waals surface area contributed by atoms with Crippen LogP contribution in [0.25, 0.3) is 31.7 Å². The van der Waals surface area contributed by atoms with E-state index in [0.29, 0.717) is 20.5 Å². The molecule has 13 heteroatoms. The van der Waals surface area contributed by atoms with Crippen molar-refractivity contribution in [2.24, 2.45) is 5.73 Å². The smallest absolute Gasteiger partial charge is 0.354 e. The largest absolute Gasteiger partial charge is 0.506 e. The minimum Gasteiger partial charge on any atom is -0.506 e. The number of phenolic OH excluding ortho intramolecular Hbond substituents is 2. The van der Waals surface area contributed by atoms with Crippen LogP contribution in [0.1, 0.15) is 16.1 Å². The number of aromatic nitrogens is 2. The fraction of sp³-hybridized carbons (Fsp3) is 0.136. The lowest BCUT2D eigenvalue weighted by atomic mass is 10.1. The Bertz CT molecular complexity index is 1580. The summed E-state index contributed by atoms with van der Waals surface area (Å²) in [7, 11) is 0. The number of aliphatic carboxylic acids is 1. The quantitative estimate of drug-likeness (QED) is 0.215. The van der Waals surface area contributed by atoms with Gasteiger partial charge in [-0.15, -0.1) is 23.1 Å². The second-order valence-corrected chi connectivity index (χ2v) is 9.87. The first kappa shape index (κ1) is 22.8. The molecular weight excluding hydrogens is 496 g/mol. The summed E-state index contributed by atoms with van der Waals surface area (Å²) in [6, 6.07) is 4.85. The number of benzene rings is 2. The third kappa shape index (κ3) is 3.99. The van der Waals surface area contributed by atoms with Crippen LogP contribution in [0, 0.1) is 0 Å². The lowest BCUT2D eigenvalue weighted by Gasteiger charge is -2.19. The molecule has 4 aromatic rings. The van der Waals surface area contributed by atoms with Crippen molar-refractivity contribution in [1.82, 2.24) is 9.97 Å². The second kappa shape index (κ2) is 8.37. The third-order valence-corrected chi connectivity index (χ3v) is 7.46. The molecule has 0 spiro atoms. The number of nitrogens with one attached hydrogen (secondary N) is 1. The van der Waals surface area contributed by atoms with E-state index in [9.17, 15) is 29.7 Å². The maximum atomic E-state index is 11.9. The Morgan fingerprint density at radius 3 is 2.63 bits per heavy atom. The predicted octanol–water partition coefficient (Wildman–Crippen LogP) is 2.62. The number of rotatable bonds is 5. The first-order valence-corrected chi connectivity index (χ1v) is 11.9. The van der Waals surface area contributed by atoms with E-state index in [1.807, 2.05) is 0 Å². The van der Waals surface area contributed by atoms with Crippen LogP contribution in [-0.4, -0.2) is 60.0 Å². The molecule has 35 heavy (non-hydrogen) atoms. The highest BCUT2D eigenvalue weighted by atomic mass is 32.2. The Balaban J connectivity index is 1.73. The van der Waals surface area contributed by atoms with Gasteiger partial charge in [0.05, 0.1) is 21.5 Å². The summed E-state index contributed by atoms with van der Waals surface area (Å²) in [6.07, 6.45) is -0.0218. The minimum absolute atomic E-state index is 0.0218. The number of thioether (sulfide) groups is 1. The SMILES string of the molecule is NC(Cc1cc(O)c2nc(-c3nc(C(=O)O)cc4cc5c(c(O)c34)NC(=O)CS5)sc2c1)C(=O)O. The average molecular weight is 513 g/mol. The molecule has 1 unspecified atom stereocenters. The van der Waals surface area contributed by atoms with Gasteiger partial charge in [-0.2, -0.15) is 0 Å².